The van der Waals surface area contributed by atoms with Gasteiger partial charge in [0.2, 0.25) is 0 Å². The first-order valence-electron chi connectivity index (χ1n) is 10.0. The molecule has 3 aromatic rings. The highest BCUT2D eigenvalue weighted by atomic mass is 19.3. The maximum atomic E-state index is 13.1. The topological polar surface area (TPSA) is 55.8 Å². The van der Waals surface area contributed by atoms with E-state index in [0.29, 0.717) is 13.1 Å². The third-order valence-electron chi connectivity index (χ3n) is 4.69. The summed E-state index contributed by atoms with van der Waals surface area (Å²) in [4.78, 5) is 27.2. The summed E-state index contributed by atoms with van der Waals surface area (Å²) in [6.07, 6.45) is -1.04. The molecule has 0 N–H and O–H groups in total. The maximum Gasteiger partial charge on any atom is 0.387 e. The second-order valence-electron chi connectivity index (χ2n) is 7.12. The molecule has 7 heteroatoms. The summed E-state index contributed by atoms with van der Waals surface area (Å²) in [5.41, 5.74) is 2.03. The van der Waals surface area contributed by atoms with E-state index >= 15 is 0 Å². The molecule has 32 heavy (non-hydrogen) atoms. The highest BCUT2D eigenvalue weighted by Crippen LogP contribution is 2.17. The van der Waals surface area contributed by atoms with E-state index in [1.165, 1.54) is 31.2 Å². The third kappa shape index (κ3) is 6.63. The Bertz CT molecular complexity index is 970. The number of alkyl halides is 2. The first-order chi connectivity index (χ1) is 15.4. The van der Waals surface area contributed by atoms with Crippen molar-refractivity contribution in [2.45, 2.75) is 32.7 Å². The van der Waals surface area contributed by atoms with Gasteiger partial charge < -0.3 is 14.4 Å². The summed E-state index contributed by atoms with van der Waals surface area (Å²) in [6, 6.07) is 24.2. The van der Waals surface area contributed by atoms with Gasteiger partial charge in [-0.15, -0.1) is 0 Å². The van der Waals surface area contributed by atoms with Gasteiger partial charge >= 0.3 is 12.6 Å². The quantitative estimate of drug-likeness (QED) is 0.437. The minimum atomic E-state index is -2.95. The minimum Gasteiger partial charge on any atom is -0.449 e. The monoisotopic (exact) mass is 439 g/mol. The van der Waals surface area contributed by atoms with Crippen LogP contribution in [0.5, 0.6) is 5.75 Å². The van der Waals surface area contributed by atoms with Crippen molar-refractivity contribution in [2.24, 2.45) is 0 Å². The number of halogens is 2. The Balaban J connectivity index is 1.69. The van der Waals surface area contributed by atoms with Crippen molar-refractivity contribution in [3.05, 3.63) is 102 Å². The van der Waals surface area contributed by atoms with Crippen LogP contribution in [0.25, 0.3) is 0 Å². The highest BCUT2D eigenvalue weighted by molar-refractivity contribution is 5.92. The normalized spacial score (nSPS) is 11.6. The van der Waals surface area contributed by atoms with Crippen LogP contribution in [0.3, 0.4) is 0 Å². The van der Waals surface area contributed by atoms with E-state index in [4.69, 9.17) is 4.74 Å². The van der Waals surface area contributed by atoms with Crippen LogP contribution in [0.15, 0.2) is 84.9 Å². The molecule has 0 radical (unpaired) electrons. The largest absolute Gasteiger partial charge is 0.449 e. The minimum absolute atomic E-state index is 0.0717. The summed E-state index contributed by atoms with van der Waals surface area (Å²) in [5.74, 6) is -1.14. The van der Waals surface area contributed by atoms with Crippen molar-refractivity contribution in [3.63, 3.8) is 0 Å². The summed E-state index contributed by atoms with van der Waals surface area (Å²) in [5, 5.41) is 0. The van der Waals surface area contributed by atoms with Gasteiger partial charge in [-0.3, -0.25) is 4.79 Å². The number of hydrogen-bond donors (Lipinski definition) is 0. The second kappa shape index (κ2) is 11.0. The Morgan fingerprint density at radius 1 is 0.812 bits per heavy atom. The lowest BCUT2D eigenvalue weighted by Crippen LogP contribution is -2.39. The first-order valence-corrected chi connectivity index (χ1v) is 10.0. The lowest BCUT2D eigenvalue weighted by atomic mass is 10.1. The Morgan fingerprint density at radius 2 is 1.31 bits per heavy atom. The molecule has 0 bridgehead atoms. The van der Waals surface area contributed by atoms with Crippen molar-refractivity contribution < 1.29 is 27.8 Å². The summed E-state index contributed by atoms with van der Waals surface area (Å²) >= 11 is 0. The van der Waals surface area contributed by atoms with Crippen LogP contribution in [0, 0.1) is 0 Å². The van der Waals surface area contributed by atoms with Gasteiger partial charge in [-0.25, -0.2) is 4.79 Å². The number of rotatable bonds is 9. The highest BCUT2D eigenvalue weighted by Gasteiger charge is 2.25. The van der Waals surface area contributed by atoms with Crippen molar-refractivity contribution in [2.75, 3.05) is 0 Å². The molecule has 0 fully saturated rings. The molecule has 1 atom stereocenters. The second-order valence-corrected chi connectivity index (χ2v) is 7.12. The van der Waals surface area contributed by atoms with E-state index in [2.05, 4.69) is 4.74 Å². The van der Waals surface area contributed by atoms with Gasteiger partial charge in [0.15, 0.2) is 6.10 Å². The van der Waals surface area contributed by atoms with Gasteiger partial charge in [-0.2, -0.15) is 8.78 Å². The standard InChI is InChI=1S/C25H23F2NO4/c1-18(31-24(30)21-12-14-22(15-13-21)32-25(26)27)23(29)28(16-19-8-4-2-5-9-19)17-20-10-6-3-7-11-20/h2-15,18,25H,16-17H2,1H3. The number of benzene rings is 3. The fraction of sp³-hybridized carbons (Fsp3) is 0.200. The van der Waals surface area contributed by atoms with Crippen LogP contribution in [0.4, 0.5) is 8.78 Å². The smallest absolute Gasteiger partial charge is 0.387 e. The van der Waals surface area contributed by atoms with Gasteiger partial charge in [0.25, 0.3) is 5.91 Å². The summed E-state index contributed by atoms with van der Waals surface area (Å²) < 4.78 is 34.2. The Hall–Kier alpha value is -3.74. The number of ether oxygens (including phenoxy) is 2. The van der Waals surface area contributed by atoms with Crippen LogP contribution < -0.4 is 4.74 Å². The lowest BCUT2D eigenvalue weighted by Gasteiger charge is -2.26. The number of amides is 1. The predicted molar refractivity (Wildman–Crippen MR) is 115 cm³/mol. The zero-order valence-electron chi connectivity index (χ0n) is 17.5. The zero-order chi connectivity index (χ0) is 22.9. The van der Waals surface area contributed by atoms with Crippen molar-refractivity contribution in [1.29, 1.82) is 0 Å². The van der Waals surface area contributed by atoms with Crippen LogP contribution in [0.1, 0.15) is 28.4 Å². The SMILES string of the molecule is CC(OC(=O)c1ccc(OC(F)F)cc1)C(=O)N(Cc1ccccc1)Cc1ccccc1. The average Bonchev–Trinajstić information content (AvgIpc) is 2.79. The molecule has 1 unspecified atom stereocenters. The number of carbonyl (C=O) groups excluding carboxylic acids is 2. The van der Waals surface area contributed by atoms with Crippen LogP contribution in [0.2, 0.25) is 0 Å². The van der Waals surface area contributed by atoms with Gasteiger partial charge in [-0.1, -0.05) is 60.7 Å². The fourth-order valence-electron chi connectivity index (χ4n) is 3.13. The number of carbonyl (C=O) groups is 2. The van der Waals surface area contributed by atoms with Gasteiger partial charge in [0.1, 0.15) is 5.75 Å². The molecule has 0 spiro atoms. The first kappa shape index (κ1) is 22.9. The molecule has 0 heterocycles. The van der Waals surface area contributed by atoms with Crippen molar-refractivity contribution in [3.8, 4) is 5.75 Å². The Labute approximate surface area is 185 Å². The van der Waals surface area contributed by atoms with E-state index in [-0.39, 0.29) is 17.2 Å². The number of nitrogens with zero attached hydrogens (tertiary/aromatic N) is 1. The molecule has 3 rings (SSSR count). The van der Waals surface area contributed by atoms with Gasteiger partial charge in [-0.05, 0) is 42.3 Å². The number of hydrogen-bond acceptors (Lipinski definition) is 4. The van der Waals surface area contributed by atoms with E-state index < -0.39 is 18.7 Å². The average molecular weight is 439 g/mol. The molecule has 5 nitrogen and oxygen atoms in total. The summed E-state index contributed by atoms with van der Waals surface area (Å²) in [7, 11) is 0. The van der Waals surface area contributed by atoms with Crippen molar-refractivity contribution >= 4 is 11.9 Å². The third-order valence-corrected chi connectivity index (χ3v) is 4.69. The lowest BCUT2D eigenvalue weighted by molar-refractivity contribution is -0.141. The molecule has 166 valence electrons. The molecule has 1 amide bonds. The molecule has 0 aliphatic carbocycles. The van der Waals surface area contributed by atoms with Crippen LogP contribution in [-0.4, -0.2) is 29.5 Å². The molecular weight excluding hydrogens is 416 g/mol. The molecule has 0 saturated heterocycles. The fourth-order valence-corrected chi connectivity index (χ4v) is 3.13. The van der Waals surface area contributed by atoms with Crippen LogP contribution in [-0.2, 0) is 22.6 Å². The van der Waals surface area contributed by atoms with E-state index in [9.17, 15) is 18.4 Å². The van der Waals surface area contributed by atoms with E-state index in [1.54, 1.807) is 4.90 Å². The molecule has 0 aliphatic heterocycles. The van der Waals surface area contributed by atoms with E-state index in [1.807, 2.05) is 60.7 Å². The zero-order valence-corrected chi connectivity index (χ0v) is 17.5. The maximum absolute atomic E-state index is 13.1. The predicted octanol–water partition coefficient (Wildman–Crippen LogP) is 5.06. The van der Waals surface area contributed by atoms with E-state index in [0.717, 1.165) is 11.1 Å². The molecule has 0 aromatic heterocycles. The molecular formula is C25H23F2NO4. The number of esters is 1. The van der Waals surface area contributed by atoms with Crippen molar-refractivity contribution in [1.82, 2.24) is 4.90 Å². The Morgan fingerprint density at radius 3 is 1.78 bits per heavy atom. The van der Waals surface area contributed by atoms with Gasteiger partial charge in [0, 0.05) is 13.1 Å². The molecule has 0 aliphatic rings. The van der Waals surface area contributed by atoms with Gasteiger partial charge in [0.05, 0.1) is 5.56 Å². The summed E-state index contributed by atoms with van der Waals surface area (Å²) in [6.45, 7) is -0.727. The molecule has 3 aromatic carbocycles. The Kier molecular flexibility index (Phi) is 7.91. The molecule has 0 saturated carbocycles. The van der Waals surface area contributed by atoms with Crippen LogP contribution >= 0.6 is 0 Å².